The molecule has 5 rings (SSSR count). The van der Waals surface area contributed by atoms with Gasteiger partial charge >= 0.3 is 0 Å². The summed E-state index contributed by atoms with van der Waals surface area (Å²) < 4.78 is 25.2. The monoisotopic (exact) mass is 437 g/mol. The van der Waals surface area contributed by atoms with Gasteiger partial charge in [0.2, 0.25) is 5.91 Å². The molecule has 4 nitrogen and oxygen atoms in total. The van der Waals surface area contributed by atoms with Crippen molar-refractivity contribution in [3.63, 3.8) is 0 Å². The second-order valence-corrected chi connectivity index (χ2v) is 9.83. The van der Waals surface area contributed by atoms with Gasteiger partial charge in [-0.2, -0.15) is 0 Å². The van der Waals surface area contributed by atoms with Crippen LogP contribution in [0.1, 0.15) is 49.7 Å². The average Bonchev–Trinajstić information content (AvgIpc) is 3.62. The van der Waals surface area contributed by atoms with Crippen LogP contribution in [0.3, 0.4) is 0 Å². The van der Waals surface area contributed by atoms with Crippen LogP contribution in [0.4, 0.5) is 4.39 Å². The zero-order chi connectivity index (χ0) is 22.2. The number of nitrogens with zero attached hydrogens (tertiary/aromatic N) is 1. The Bertz CT molecular complexity index is 961. The first kappa shape index (κ1) is 21.4. The highest BCUT2D eigenvalue weighted by Crippen LogP contribution is 2.50. The van der Waals surface area contributed by atoms with Crippen molar-refractivity contribution in [2.45, 2.75) is 56.0 Å². The van der Waals surface area contributed by atoms with Gasteiger partial charge in [-0.15, -0.1) is 0 Å². The summed E-state index contributed by atoms with van der Waals surface area (Å²) in [5, 5.41) is 0. The summed E-state index contributed by atoms with van der Waals surface area (Å²) in [5.41, 5.74) is 1.69. The van der Waals surface area contributed by atoms with Crippen LogP contribution in [-0.4, -0.2) is 43.2 Å². The van der Waals surface area contributed by atoms with Crippen molar-refractivity contribution in [1.82, 2.24) is 4.90 Å². The number of hydrogen-bond donors (Lipinski definition) is 0. The highest BCUT2D eigenvalue weighted by atomic mass is 19.1. The van der Waals surface area contributed by atoms with Crippen molar-refractivity contribution in [1.29, 1.82) is 0 Å². The topological polar surface area (TPSA) is 38.8 Å². The van der Waals surface area contributed by atoms with E-state index < -0.39 is 0 Å². The molecule has 2 aromatic rings. The van der Waals surface area contributed by atoms with Gasteiger partial charge in [0, 0.05) is 19.7 Å². The maximum atomic E-state index is 13.6. The smallest absolute Gasteiger partial charge is 0.233 e. The molecule has 0 N–H and O–H groups in total. The van der Waals surface area contributed by atoms with Gasteiger partial charge in [-0.25, -0.2) is 4.39 Å². The van der Waals surface area contributed by atoms with Crippen molar-refractivity contribution in [3.05, 3.63) is 65.5 Å². The highest BCUT2D eigenvalue weighted by Gasteiger charge is 2.54. The van der Waals surface area contributed by atoms with E-state index in [2.05, 4.69) is 4.90 Å². The molecule has 3 aliphatic rings. The second-order valence-electron chi connectivity index (χ2n) is 9.83. The molecular weight excluding hydrogens is 405 g/mol. The van der Waals surface area contributed by atoms with Gasteiger partial charge in [0.05, 0.1) is 18.1 Å². The SMILES string of the molecule is COc1ccc(C2(C(=O)N3CCC4(CC3)CC(Cc3cccc(F)c3)CCO4)CC2)cc1. The van der Waals surface area contributed by atoms with Gasteiger partial charge in [0.15, 0.2) is 0 Å². The van der Waals surface area contributed by atoms with E-state index in [1.54, 1.807) is 19.2 Å². The van der Waals surface area contributed by atoms with E-state index in [0.717, 1.165) is 81.5 Å². The Labute approximate surface area is 189 Å². The lowest BCUT2D eigenvalue weighted by Crippen LogP contribution is -2.52. The number of likely N-dealkylation sites (tertiary alicyclic amines) is 1. The molecular formula is C27H32FNO3. The van der Waals surface area contributed by atoms with Gasteiger partial charge in [0.25, 0.3) is 0 Å². The fraction of sp³-hybridized carbons (Fsp3) is 0.519. The third kappa shape index (κ3) is 4.15. The molecule has 3 fully saturated rings. The standard InChI is InChI=1S/C27H32FNO3/c1-31-24-7-5-22(6-8-24)27(10-11-27)25(30)29-14-12-26(13-15-29)19-21(9-16-32-26)17-20-3-2-4-23(28)18-20/h2-8,18,21H,9-17,19H2,1H3. The molecule has 1 atom stereocenters. The zero-order valence-electron chi connectivity index (χ0n) is 18.8. The lowest BCUT2D eigenvalue weighted by Gasteiger charge is -2.47. The lowest BCUT2D eigenvalue weighted by molar-refractivity contribution is -0.149. The number of carbonyl (C=O) groups excluding carboxylic acids is 1. The summed E-state index contributed by atoms with van der Waals surface area (Å²) in [6, 6.07) is 14.9. The van der Waals surface area contributed by atoms with Crippen molar-refractivity contribution in [2.75, 3.05) is 26.8 Å². The normalized spacial score (nSPS) is 23.7. The van der Waals surface area contributed by atoms with Crippen LogP contribution in [0.2, 0.25) is 0 Å². The van der Waals surface area contributed by atoms with Crippen LogP contribution < -0.4 is 4.74 Å². The fourth-order valence-corrected chi connectivity index (χ4v) is 5.73. The zero-order valence-corrected chi connectivity index (χ0v) is 18.8. The average molecular weight is 438 g/mol. The lowest BCUT2D eigenvalue weighted by atomic mass is 9.77. The van der Waals surface area contributed by atoms with Crippen LogP contribution in [0.15, 0.2) is 48.5 Å². The summed E-state index contributed by atoms with van der Waals surface area (Å²) in [6.45, 7) is 2.26. The fourth-order valence-electron chi connectivity index (χ4n) is 5.73. The Kier molecular flexibility index (Phi) is 5.70. The molecule has 0 aromatic heterocycles. The van der Waals surface area contributed by atoms with Crippen molar-refractivity contribution < 1.29 is 18.7 Å². The van der Waals surface area contributed by atoms with E-state index >= 15 is 0 Å². The Morgan fingerprint density at radius 2 is 1.88 bits per heavy atom. The maximum absolute atomic E-state index is 13.6. The number of rotatable bonds is 5. The molecule has 1 saturated carbocycles. The largest absolute Gasteiger partial charge is 0.497 e. The number of hydrogen-bond acceptors (Lipinski definition) is 3. The molecule has 1 spiro atoms. The molecule has 1 unspecified atom stereocenters. The molecule has 0 bridgehead atoms. The molecule has 1 aliphatic carbocycles. The molecule has 2 saturated heterocycles. The van der Waals surface area contributed by atoms with Gasteiger partial charge in [-0.3, -0.25) is 4.79 Å². The maximum Gasteiger partial charge on any atom is 0.233 e. The van der Waals surface area contributed by atoms with Crippen molar-refractivity contribution in [2.24, 2.45) is 5.92 Å². The molecule has 5 heteroatoms. The van der Waals surface area contributed by atoms with Crippen LogP contribution in [0.25, 0.3) is 0 Å². The minimum atomic E-state index is -0.343. The minimum Gasteiger partial charge on any atom is -0.497 e. The molecule has 2 heterocycles. The number of methoxy groups -OCH3 is 1. The predicted molar refractivity (Wildman–Crippen MR) is 121 cm³/mol. The van der Waals surface area contributed by atoms with Crippen LogP contribution in [0.5, 0.6) is 5.75 Å². The van der Waals surface area contributed by atoms with Crippen LogP contribution in [0, 0.1) is 11.7 Å². The third-order valence-corrected chi connectivity index (χ3v) is 7.77. The molecule has 2 aliphatic heterocycles. The van der Waals surface area contributed by atoms with Crippen LogP contribution in [-0.2, 0) is 21.4 Å². The Hall–Kier alpha value is -2.40. The van der Waals surface area contributed by atoms with E-state index in [1.807, 2.05) is 30.3 Å². The summed E-state index contributed by atoms with van der Waals surface area (Å²) in [7, 11) is 1.66. The number of ether oxygens (including phenoxy) is 2. The molecule has 1 amide bonds. The quantitative estimate of drug-likeness (QED) is 0.668. The summed E-state index contributed by atoms with van der Waals surface area (Å²) in [6.07, 6.45) is 6.52. The van der Waals surface area contributed by atoms with Crippen LogP contribution >= 0.6 is 0 Å². The van der Waals surface area contributed by atoms with E-state index in [-0.39, 0.29) is 22.7 Å². The molecule has 170 valence electrons. The van der Waals surface area contributed by atoms with Crippen molar-refractivity contribution in [3.8, 4) is 5.75 Å². The number of halogens is 1. The molecule has 32 heavy (non-hydrogen) atoms. The number of piperidine rings is 1. The van der Waals surface area contributed by atoms with Gasteiger partial charge < -0.3 is 14.4 Å². The molecule has 0 radical (unpaired) electrons. The highest BCUT2D eigenvalue weighted by molar-refractivity contribution is 5.91. The number of benzene rings is 2. The van der Waals surface area contributed by atoms with Gasteiger partial charge in [-0.05, 0) is 86.3 Å². The molecule has 2 aromatic carbocycles. The first-order valence-electron chi connectivity index (χ1n) is 11.8. The number of amides is 1. The van der Waals surface area contributed by atoms with E-state index in [1.165, 1.54) is 6.07 Å². The minimum absolute atomic E-state index is 0.135. The Morgan fingerprint density at radius 3 is 2.53 bits per heavy atom. The van der Waals surface area contributed by atoms with Crippen molar-refractivity contribution >= 4 is 5.91 Å². The predicted octanol–water partition coefficient (Wildman–Crippen LogP) is 4.90. The first-order chi connectivity index (χ1) is 15.5. The van der Waals surface area contributed by atoms with E-state index in [9.17, 15) is 9.18 Å². The Morgan fingerprint density at radius 1 is 1.12 bits per heavy atom. The van der Waals surface area contributed by atoms with Gasteiger partial charge in [0.1, 0.15) is 11.6 Å². The van der Waals surface area contributed by atoms with Gasteiger partial charge in [-0.1, -0.05) is 24.3 Å². The Balaban J connectivity index is 1.21. The summed E-state index contributed by atoms with van der Waals surface area (Å²) >= 11 is 0. The third-order valence-electron chi connectivity index (χ3n) is 7.77. The first-order valence-corrected chi connectivity index (χ1v) is 11.8. The van der Waals surface area contributed by atoms with E-state index in [0.29, 0.717) is 5.92 Å². The summed E-state index contributed by atoms with van der Waals surface area (Å²) in [4.78, 5) is 15.5. The number of carbonyl (C=O) groups is 1. The van der Waals surface area contributed by atoms with E-state index in [4.69, 9.17) is 9.47 Å². The second kappa shape index (κ2) is 8.51. The summed E-state index contributed by atoms with van der Waals surface area (Å²) in [5.74, 6) is 1.42.